The smallest absolute Gasteiger partial charge is 0.248 e. The fourth-order valence-electron chi connectivity index (χ4n) is 4.51. The van der Waals surface area contributed by atoms with Crippen LogP contribution in [0.5, 0.6) is 0 Å². The molecule has 1 aliphatic heterocycles. The summed E-state index contributed by atoms with van der Waals surface area (Å²) in [5.41, 5.74) is 6.24. The maximum atomic E-state index is 13.7. The predicted molar refractivity (Wildman–Crippen MR) is 142 cm³/mol. The van der Waals surface area contributed by atoms with E-state index in [4.69, 9.17) is 4.52 Å². The van der Waals surface area contributed by atoms with Crippen LogP contribution < -0.4 is 5.32 Å². The number of amides is 1. The van der Waals surface area contributed by atoms with Gasteiger partial charge in [-0.15, -0.1) is 0 Å². The number of hydrogen-bond acceptors (Lipinski definition) is 5. The Morgan fingerprint density at radius 2 is 1.72 bits per heavy atom. The molecule has 1 aliphatic rings. The number of carbonyl (C=O) groups excluding carboxylic acids is 1. The van der Waals surface area contributed by atoms with E-state index in [1.807, 2.05) is 70.2 Å². The van der Waals surface area contributed by atoms with Crippen LogP contribution in [0.3, 0.4) is 0 Å². The van der Waals surface area contributed by atoms with E-state index >= 15 is 0 Å². The predicted octanol–water partition coefficient (Wildman–Crippen LogP) is 5.43. The highest BCUT2D eigenvalue weighted by molar-refractivity contribution is 7.89. The van der Waals surface area contributed by atoms with Crippen LogP contribution in [0.4, 0.5) is 5.69 Å². The van der Waals surface area contributed by atoms with Crippen molar-refractivity contribution in [2.45, 2.75) is 52.4 Å². The van der Waals surface area contributed by atoms with Gasteiger partial charge in [0.15, 0.2) is 10.7 Å². The van der Waals surface area contributed by atoms with Crippen LogP contribution in [-0.2, 0) is 14.8 Å². The second-order valence-corrected chi connectivity index (χ2v) is 11.5. The summed E-state index contributed by atoms with van der Waals surface area (Å²) in [6, 6.07) is 12.0. The van der Waals surface area contributed by atoms with Gasteiger partial charge in [0.1, 0.15) is 5.69 Å². The molecule has 8 heteroatoms. The van der Waals surface area contributed by atoms with Crippen LogP contribution in [0, 0.1) is 40.5 Å². The minimum absolute atomic E-state index is 0.0552. The molecule has 0 aliphatic carbocycles. The van der Waals surface area contributed by atoms with Gasteiger partial charge in [0.2, 0.25) is 15.9 Å². The number of anilines is 1. The summed E-state index contributed by atoms with van der Waals surface area (Å²) in [6.07, 6.45) is 4.73. The minimum Gasteiger partial charge on any atom is -0.355 e. The summed E-state index contributed by atoms with van der Waals surface area (Å²) in [5, 5.41) is 6.94. The Labute approximate surface area is 213 Å². The van der Waals surface area contributed by atoms with E-state index in [-0.39, 0.29) is 23.1 Å². The van der Waals surface area contributed by atoms with Crippen molar-refractivity contribution in [3.63, 3.8) is 0 Å². The van der Waals surface area contributed by atoms with E-state index in [1.165, 1.54) is 4.31 Å². The van der Waals surface area contributed by atoms with Gasteiger partial charge in [-0.2, -0.15) is 4.31 Å². The second kappa shape index (κ2) is 10.4. The van der Waals surface area contributed by atoms with Gasteiger partial charge in [-0.25, -0.2) is 8.42 Å². The van der Waals surface area contributed by atoms with Crippen molar-refractivity contribution in [3.05, 3.63) is 75.7 Å². The number of carbonyl (C=O) groups is 1. The van der Waals surface area contributed by atoms with Crippen LogP contribution in [0.25, 0.3) is 12.2 Å². The molecule has 36 heavy (non-hydrogen) atoms. The number of hydrogen-bond donors (Lipinski definition) is 1. The average Bonchev–Trinajstić information content (AvgIpc) is 3.23. The molecule has 1 fully saturated rings. The van der Waals surface area contributed by atoms with Gasteiger partial charge in [0, 0.05) is 18.8 Å². The molecule has 1 amide bonds. The van der Waals surface area contributed by atoms with Crippen molar-refractivity contribution in [2.75, 3.05) is 18.4 Å². The van der Waals surface area contributed by atoms with Gasteiger partial charge >= 0.3 is 0 Å². The summed E-state index contributed by atoms with van der Waals surface area (Å²) in [4.78, 5) is 13.1. The molecule has 0 radical (unpaired) electrons. The number of aryl methyl sites for hydroxylation is 5. The van der Waals surface area contributed by atoms with E-state index in [0.29, 0.717) is 25.1 Å². The van der Waals surface area contributed by atoms with Crippen molar-refractivity contribution in [2.24, 2.45) is 5.92 Å². The van der Waals surface area contributed by atoms with E-state index < -0.39 is 15.9 Å². The Kier molecular flexibility index (Phi) is 7.47. The average molecular weight is 508 g/mol. The molecule has 0 unspecified atom stereocenters. The first-order valence-electron chi connectivity index (χ1n) is 12.2. The largest absolute Gasteiger partial charge is 0.355 e. The summed E-state index contributed by atoms with van der Waals surface area (Å²) in [5.74, 6) is -0.418. The molecular formula is C28H33N3O4S. The lowest BCUT2D eigenvalue weighted by molar-refractivity contribution is -0.120. The number of aromatic nitrogens is 1. The van der Waals surface area contributed by atoms with E-state index in [2.05, 4.69) is 10.5 Å². The highest BCUT2D eigenvalue weighted by Crippen LogP contribution is 2.30. The van der Waals surface area contributed by atoms with Gasteiger partial charge in [-0.1, -0.05) is 47.1 Å². The lowest BCUT2D eigenvalue weighted by atomic mass is 9.98. The lowest BCUT2D eigenvalue weighted by Gasteiger charge is -2.31. The monoisotopic (exact) mass is 507 g/mol. The van der Waals surface area contributed by atoms with Gasteiger partial charge in [0.05, 0.1) is 5.92 Å². The number of piperidine rings is 1. The van der Waals surface area contributed by atoms with Gasteiger partial charge in [-0.05, 0) is 81.9 Å². The summed E-state index contributed by atoms with van der Waals surface area (Å²) >= 11 is 0. The Morgan fingerprint density at radius 1 is 1.03 bits per heavy atom. The molecule has 0 saturated carbocycles. The van der Waals surface area contributed by atoms with Crippen LogP contribution in [0.15, 0.2) is 45.8 Å². The first-order valence-corrected chi connectivity index (χ1v) is 13.6. The Hall–Kier alpha value is -3.23. The first-order chi connectivity index (χ1) is 17.1. The quantitative estimate of drug-likeness (QED) is 0.481. The second-order valence-electron chi connectivity index (χ2n) is 9.66. The molecule has 4 rings (SSSR count). The molecule has 1 atom stereocenters. The van der Waals surface area contributed by atoms with Crippen molar-refractivity contribution in [1.29, 1.82) is 0 Å². The highest BCUT2D eigenvalue weighted by atomic mass is 32.2. The maximum Gasteiger partial charge on any atom is 0.248 e. The Morgan fingerprint density at radius 3 is 2.47 bits per heavy atom. The molecule has 0 bridgehead atoms. The lowest BCUT2D eigenvalue weighted by Crippen LogP contribution is -2.44. The number of rotatable bonds is 6. The number of sulfonamides is 1. The Balaban J connectivity index is 1.56. The number of benzene rings is 2. The van der Waals surface area contributed by atoms with Crippen LogP contribution in [0.1, 0.15) is 52.1 Å². The zero-order chi connectivity index (χ0) is 26.0. The molecule has 1 saturated heterocycles. The molecule has 3 aromatic rings. The molecular weight excluding hydrogens is 474 g/mol. The van der Waals surface area contributed by atoms with E-state index in [9.17, 15) is 13.2 Å². The van der Waals surface area contributed by atoms with Gasteiger partial charge in [-0.3, -0.25) is 4.79 Å². The zero-order valence-electron chi connectivity index (χ0n) is 21.5. The Bertz CT molecular complexity index is 1420. The van der Waals surface area contributed by atoms with E-state index in [1.54, 1.807) is 13.0 Å². The third-order valence-electron chi connectivity index (χ3n) is 6.69. The normalized spacial score (nSPS) is 17.0. The number of nitrogens with one attached hydrogen (secondary N) is 1. The molecule has 2 heterocycles. The zero-order valence-corrected chi connectivity index (χ0v) is 22.3. The van der Waals surface area contributed by atoms with Crippen molar-refractivity contribution >= 4 is 33.8 Å². The SMILES string of the molecule is Cc1ccc(C)c(/C=C/c2onc(C)c2S(=O)(=O)N2CCC[C@@H](C(=O)Nc3cc(C)ccc3C)C2)c1. The summed E-state index contributed by atoms with van der Waals surface area (Å²) < 4.78 is 34.2. The maximum absolute atomic E-state index is 13.7. The minimum atomic E-state index is -3.91. The van der Waals surface area contributed by atoms with E-state index in [0.717, 1.165) is 33.5 Å². The molecule has 0 spiro atoms. The topological polar surface area (TPSA) is 92.5 Å². The van der Waals surface area contributed by atoms with Crippen molar-refractivity contribution in [1.82, 2.24) is 9.46 Å². The molecule has 1 N–H and O–H groups in total. The fourth-order valence-corrected chi connectivity index (χ4v) is 6.29. The molecule has 1 aromatic heterocycles. The first kappa shape index (κ1) is 25.9. The molecule has 7 nitrogen and oxygen atoms in total. The van der Waals surface area contributed by atoms with Crippen molar-refractivity contribution in [3.8, 4) is 0 Å². The van der Waals surface area contributed by atoms with Crippen LogP contribution in [0.2, 0.25) is 0 Å². The van der Waals surface area contributed by atoms with Gasteiger partial charge in [0.25, 0.3) is 0 Å². The summed E-state index contributed by atoms with van der Waals surface area (Å²) in [7, 11) is -3.91. The third-order valence-corrected chi connectivity index (χ3v) is 8.71. The molecule has 190 valence electrons. The van der Waals surface area contributed by atoms with Crippen LogP contribution in [-0.4, -0.2) is 36.9 Å². The van der Waals surface area contributed by atoms with Gasteiger partial charge < -0.3 is 9.84 Å². The highest BCUT2D eigenvalue weighted by Gasteiger charge is 2.37. The standard InChI is InChI=1S/C28H33N3O4S/c1-18-8-10-20(3)23(15-18)12-13-26-27(22(5)30-35-26)36(33,34)31-14-6-7-24(17-31)28(32)29-25-16-19(2)9-11-21(25)4/h8-13,15-16,24H,6-7,14,17H2,1-5H3,(H,29,32)/b13-12+/t24-/m1/s1. The van der Waals surface area contributed by atoms with Crippen molar-refractivity contribution < 1.29 is 17.7 Å². The molecule has 2 aromatic carbocycles. The number of nitrogens with zero attached hydrogens (tertiary/aromatic N) is 2. The fraction of sp³-hybridized carbons (Fsp3) is 0.357. The summed E-state index contributed by atoms with van der Waals surface area (Å²) in [6.45, 7) is 10.0. The van der Waals surface area contributed by atoms with Crippen LogP contribution >= 0.6 is 0 Å². The third kappa shape index (κ3) is 5.44.